The monoisotopic (exact) mass is 308 g/mol. The van der Waals surface area contributed by atoms with Crippen molar-refractivity contribution in [1.82, 2.24) is 24.7 Å². The van der Waals surface area contributed by atoms with Crippen molar-refractivity contribution in [1.29, 1.82) is 0 Å². The van der Waals surface area contributed by atoms with Crippen LogP contribution in [0.15, 0.2) is 42.9 Å². The average molecular weight is 308 g/mol. The maximum absolute atomic E-state index is 4.77. The van der Waals surface area contributed by atoms with Gasteiger partial charge >= 0.3 is 0 Å². The van der Waals surface area contributed by atoms with Crippen LogP contribution in [0, 0.1) is 0 Å². The lowest BCUT2D eigenvalue weighted by Gasteiger charge is -2.32. The summed E-state index contributed by atoms with van der Waals surface area (Å²) in [6.07, 6.45) is 8.05. The molecule has 6 heteroatoms. The molecule has 1 atom stereocenters. The van der Waals surface area contributed by atoms with Crippen LogP contribution >= 0.6 is 0 Å². The molecule has 0 unspecified atom stereocenters. The number of likely N-dealkylation sites (N-methyl/N-ethyl adjacent to an activating group) is 1. The minimum atomic E-state index is 0.480. The van der Waals surface area contributed by atoms with E-state index in [0.29, 0.717) is 11.9 Å². The van der Waals surface area contributed by atoms with E-state index in [2.05, 4.69) is 27.2 Å². The number of hydrogen-bond acceptors (Lipinski definition) is 5. The molecule has 0 spiro atoms. The molecule has 0 aliphatic carbocycles. The molecule has 1 saturated heterocycles. The molecule has 118 valence electrons. The Kier molecular flexibility index (Phi) is 3.67. The van der Waals surface area contributed by atoms with Gasteiger partial charge in [-0.05, 0) is 37.6 Å². The summed E-state index contributed by atoms with van der Waals surface area (Å²) < 4.78 is 2.02. The second-order valence-electron chi connectivity index (χ2n) is 5.92. The molecule has 23 heavy (non-hydrogen) atoms. The molecule has 1 aliphatic heterocycles. The SMILES string of the molecule is CN(c1ccnc(-c2cnc3ccccn23)n1)[C@@H]1CCCNC1. The molecule has 3 aromatic heterocycles. The van der Waals surface area contributed by atoms with Gasteiger partial charge in [0, 0.05) is 32.0 Å². The third-order valence-electron chi connectivity index (χ3n) is 4.47. The number of fused-ring (bicyclic) bond motifs is 1. The van der Waals surface area contributed by atoms with Crippen LogP contribution in [0.3, 0.4) is 0 Å². The molecule has 1 N–H and O–H groups in total. The van der Waals surface area contributed by atoms with Crippen molar-refractivity contribution in [2.24, 2.45) is 0 Å². The van der Waals surface area contributed by atoms with E-state index in [-0.39, 0.29) is 0 Å². The Morgan fingerprint density at radius 2 is 2.22 bits per heavy atom. The zero-order valence-electron chi connectivity index (χ0n) is 13.2. The van der Waals surface area contributed by atoms with E-state index in [1.54, 1.807) is 0 Å². The van der Waals surface area contributed by atoms with Crippen LogP contribution < -0.4 is 10.2 Å². The summed E-state index contributed by atoms with van der Waals surface area (Å²) in [5.41, 5.74) is 1.82. The van der Waals surface area contributed by atoms with Crippen LogP contribution in [0.2, 0.25) is 0 Å². The molecular formula is C17H20N6. The topological polar surface area (TPSA) is 58.4 Å². The number of nitrogens with zero attached hydrogens (tertiary/aromatic N) is 5. The first kappa shape index (κ1) is 14.1. The highest BCUT2D eigenvalue weighted by molar-refractivity contribution is 5.58. The van der Waals surface area contributed by atoms with Crippen LogP contribution in [-0.4, -0.2) is 45.5 Å². The Morgan fingerprint density at radius 3 is 3.09 bits per heavy atom. The largest absolute Gasteiger partial charge is 0.355 e. The summed E-state index contributed by atoms with van der Waals surface area (Å²) in [4.78, 5) is 15.9. The Bertz CT molecular complexity index is 805. The third-order valence-corrected chi connectivity index (χ3v) is 4.47. The molecule has 0 saturated carbocycles. The number of piperidine rings is 1. The van der Waals surface area contributed by atoms with Crippen LogP contribution in [0.5, 0.6) is 0 Å². The van der Waals surface area contributed by atoms with E-state index in [9.17, 15) is 0 Å². The maximum atomic E-state index is 4.77. The summed E-state index contributed by atoms with van der Waals surface area (Å²) in [5, 5.41) is 3.45. The molecule has 0 amide bonds. The van der Waals surface area contributed by atoms with Crippen molar-refractivity contribution >= 4 is 11.5 Å². The van der Waals surface area contributed by atoms with E-state index in [1.165, 1.54) is 12.8 Å². The standard InChI is InChI=1S/C17H20N6/c1-22(13-5-4-8-18-11-13)16-7-9-19-17(21-16)14-12-20-15-6-2-3-10-23(14)15/h2-3,6-7,9-10,12-13,18H,4-5,8,11H2,1H3/t13-/m1/s1. The van der Waals surface area contributed by atoms with Crippen molar-refractivity contribution in [3.63, 3.8) is 0 Å². The Morgan fingerprint density at radius 1 is 1.26 bits per heavy atom. The first-order chi connectivity index (χ1) is 11.3. The van der Waals surface area contributed by atoms with Gasteiger partial charge in [0.25, 0.3) is 0 Å². The van der Waals surface area contributed by atoms with Gasteiger partial charge in [0.1, 0.15) is 17.2 Å². The van der Waals surface area contributed by atoms with Crippen molar-refractivity contribution in [3.05, 3.63) is 42.9 Å². The first-order valence-corrected chi connectivity index (χ1v) is 8.02. The quantitative estimate of drug-likeness (QED) is 0.802. The van der Waals surface area contributed by atoms with Gasteiger partial charge in [0.2, 0.25) is 0 Å². The van der Waals surface area contributed by atoms with E-state index >= 15 is 0 Å². The van der Waals surface area contributed by atoms with Crippen molar-refractivity contribution < 1.29 is 0 Å². The molecule has 1 fully saturated rings. The number of aromatic nitrogens is 4. The predicted molar refractivity (Wildman–Crippen MR) is 90.5 cm³/mol. The average Bonchev–Trinajstić information content (AvgIpc) is 3.06. The number of nitrogens with one attached hydrogen (secondary N) is 1. The fourth-order valence-corrected chi connectivity index (χ4v) is 3.12. The summed E-state index contributed by atoms with van der Waals surface area (Å²) in [7, 11) is 2.11. The van der Waals surface area contributed by atoms with Crippen LogP contribution in [0.4, 0.5) is 5.82 Å². The molecule has 0 bridgehead atoms. The van der Waals surface area contributed by atoms with Crippen LogP contribution in [-0.2, 0) is 0 Å². The fourth-order valence-electron chi connectivity index (χ4n) is 3.12. The number of hydrogen-bond donors (Lipinski definition) is 1. The minimum Gasteiger partial charge on any atom is -0.355 e. The molecule has 1 aliphatic rings. The maximum Gasteiger partial charge on any atom is 0.180 e. The Hall–Kier alpha value is -2.47. The smallest absolute Gasteiger partial charge is 0.180 e. The zero-order chi connectivity index (χ0) is 15.6. The number of imidazole rings is 1. The van der Waals surface area contributed by atoms with Gasteiger partial charge in [-0.3, -0.25) is 4.40 Å². The van der Waals surface area contributed by atoms with E-state index < -0.39 is 0 Å². The fraction of sp³-hybridized carbons (Fsp3) is 0.353. The van der Waals surface area contributed by atoms with Gasteiger partial charge in [-0.1, -0.05) is 6.07 Å². The molecule has 0 aromatic carbocycles. The van der Waals surface area contributed by atoms with Gasteiger partial charge < -0.3 is 10.2 Å². The lowest BCUT2D eigenvalue weighted by atomic mass is 10.1. The Labute approximate surface area is 135 Å². The van der Waals surface area contributed by atoms with Crippen molar-refractivity contribution in [3.8, 4) is 11.5 Å². The van der Waals surface area contributed by atoms with Crippen molar-refractivity contribution in [2.75, 3.05) is 25.0 Å². The van der Waals surface area contributed by atoms with Gasteiger partial charge in [0.05, 0.1) is 6.20 Å². The van der Waals surface area contributed by atoms with E-state index in [4.69, 9.17) is 4.98 Å². The number of rotatable bonds is 3. The molecule has 4 heterocycles. The highest BCUT2D eigenvalue weighted by Crippen LogP contribution is 2.21. The van der Waals surface area contributed by atoms with E-state index in [0.717, 1.165) is 30.2 Å². The van der Waals surface area contributed by atoms with Gasteiger partial charge in [-0.15, -0.1) is 0 Å². The molecule has 6 nitrogen and oxygen atoms in total. The highest BCUT2D eigenvalue weighted by atomic mass is 15.2. The van der Waals surface area contributed by atoms with Crippen molar-refractivity contribution in [2.45, 2.75) is 18.9 Å². The molecule has 0 radical (unpaired) electrons. The van der Waals surface area contributed by atoms with Crippen LogP contribution in [0.1, 0.15) is 12.8 Å². The Balaban J connectivity index is 1.68. The summed E-state index contributed by atoms with van der Waals surface area (Å²) in [5.74, 6) is 1.66. The first-order valence-electron chi connectivity index (χ1n) is 8.02. The van der Waals surface area contributed by atoms with Gasteiger partial charge in [-0.25, -0.2) is 15.0 Å². The summed E-state index contributed by atoms with van der Waals surface area (Å²) in [6, 6.07) is 8.40. The second-order valence-corrected chi connectivity index (χ2v) is 5.92. The lowest BCUT2D eigenvalue weighted by Crippen LogP contribution is -2.44. The second kappa shape index (κ2) is 5.96. The number of pyridine rings is 1. The molecule has 3 aromatic rings. The minimum absolute atomic E-state index is 0.480. The number of anilines is 1. The van der Waals surface area contributed by atoms with E-state index in [1.807, 2.05) is 47.3 Å². The predicted octanol–water partition coefficient (Wildman–Crippen LogP) is 1.98. The third kappa shape index (κ3) is 2.66. The lowest BCUT2D eigenvalue weighted by molar-refractivity contribution is 0.443. The zero-order valence-corrected chi connectivity index (χ0v) is 13.2. The molecule has 4 rings (SSSR count). The van der Waals surface area contributed by atoms with Crippen LogP contribution in [0.25, 0.3) is 17.2 Å². The molecular weight excluding hydrogens is 288 g/mol. The highest BCUT2D eigenvalue weighted by Gasteiger charge is 2.19. The van der Waals surface area contributed by atoms with Gasteiger partial charge in [-0.2, -0.15) is 0 Å². The summed E-state index contributed by atoms with van der Waals surface area (Å²) >= 11 is 0. The van der Waals surface area contributed by atoms with Gasteiger partial charge in [0.15, 0.2) is 5.82 Å². The normalized spacial score (nSPS) is 18.2. The summed E-state index contributed by atoms with van der Waals surface area (Å²) in [6.45, 7) is 2.12.